The molecule has 0 aliphatic carbocycles. The maximum absolute atomic E-state index is 14.0. The van der Waals surface area contributed by atoms with Crippen LogP contribution in [0.25, 0.3) is 22.0 Å². The van der Waals surface area contributed by atoms with E-state index in [0.717, 1.165) is 12.6 Å². The zero-order valence-corrected chi connectivity index (χ0v) is 13.1. The number of benzene rings is 1. The van der Waals surface area contributed by atoms with E-state index in [2.05, 4.69) is 20.3 Å². The highest BCUT2D eigenvalue weighted by molar-refractivity contribution is 6.08. The third kappa shape index (κ3) is 2.76. The molecule has 0 saturated carbocycles. The number of halogens is 1. The molecule has 122 valence electrons. The van der Waals surface area contributed by atoms with Crippen molar-refractivity contribution in [1.29, 1.82) is 0 Å². The molecule has 1 amide bonds. The van der Waals surface area contributed by atoms with Gasteiger partial charge in [0.15, 0.2) is 11.5 Å². The maximum Gasteiger partial charge on any atom is 0.272 e. The van der Waals surface area contributed by atoms with Gasteiger partial charge >= 0.3 is 0 Å². The molecule has 24 heavy (non-hydrogen) atoms. The Hall–Kier alpha value is -3.09. The Morgan fingerprint density at radius 2 is 2.08 bits per heavy atom. The topological polar surface area (TPSA) is 93.8 Å². The second-order valence-electron chi connectivity index (χ2n) is 5.26. The van der Waals surface area contributed by atoms with E-state index in [-0.39, 0.29) is 23.0 Å². The second-order valence-corrected chi connectivity index (χ2v) is 5.26. The lowest BCUT2D eigenvalue weighted by Crippen LogP contribution is -2.26. The molecule has 3 aromatic rings. The van der Waals surface area contributed by atoms with Crippen LogP contribution in [-0.2, 0) is 0 Å². The van der Waals surface area contributed by atoms with E-state index >= 15 is 0 Å². The number of carbonyl (C=O) groups is 1. The van der Waals surface area contributed by atoms with Gasteiger partial charge < -0.3 is 11.1 Å². The SMILES string of the molecule is CCCNC(=O)c1ncc2c(-c3ncncc3F)cccc2c1N. The lowest BCUT2D eigenvalue weighted by molar-refractivity contribution is 0.0950. The fraction of sp³-hybridized carbons (Fsp3) is 0.176. The quantitative estimate of drug-likeness (QED) is 0.769. The van der Waals surface area contributed by atoms with Crippen molar-refractivity contribution in [3.8, 4) is 11.3 Å². The number of hydrogen-bond donors (Lipinski definition) is 2. The molecule has 0 unspecified atom stereocenters. The van der Waals surface area contributed by atoms with Crippen molar-refractivity contribution in [3.05, 3.63) is 48.4 Å². The van der Waals surface area contributed by atoms with Gasteiger partial charge in [-0.1, -0.05) is 25.1 Å². The summed E-state index contributed by atoms with van der Waals surface area (Å²) in [6.45, 7) is 2.50. The molecule has 0 spiro atoms. The molecule has 6 nitrogen and oxygen atoms in total. The van der Waals surface area contributed by atoms with Gasteiger partial charge in [-0.15, -0.1) is 0 Å². The molecule has 2 aromatic heterocycles. The molecule has 0 bridgehead atoms. The van der Waals surface area contributed by atoms with Gasteiger partial charge in [0.25, 0.3) is 5.91 Å². The predicted molar refractivity (Wildman–Crippen MR) is 89.8 cm³/mol. The molecule has 0 fully saturated rings. The number of anilines is 1. The monoisotopic (exact) mass is 325 g/mol. The second kappa shape index (κ2) is 6.57. The van der Waals surface area contributed by atoms with E-state index in [9.17, 15) is 9.18 Å². The van der Waals surface area contributed by atoms with Crippen LogP contribution >= 0.6 is 0 Å². The Bertz CT molecular complexity index is 913. The van der Waals surface area contributed by atoms with Crippen molar-refractivity contribution in [2.45, 2.75) is 13.3 Å². The van der Waals surface area contributed by atoms with Gasteiger partial charge in [-0.05, 0) is 6.42 Å². The number of amides is 1. The minimum absolute atomic E-state index is 0.163. The first-order chi connectivity index (χ1) is 11.6. The van der Waals surface area contributed by atoms with Crippen LogP contribution < -0.4 is 11.1 Å². The molecule has 0 aliphatic rings. The zero-order valence-electron chi connectivity index (χ0n) is 13.1. The van der Waals surface area contributed by atoms with Crippen molar-refractivity contribution in [3.63, 3.8) is 0 Å². The highest BCUT2D eigenvalue weighted by Crippen LogP contribution is 2.32. The number of rotatable bonds is 4. The van der Waals surface area contributed by atoms with Crippen molar-refractivity contribution in [2.75, 3.05) is 12.3 Å². The molecular formula is C17H16FN5O. The van der Waals surface area contributed by atoms with Crippen LogP contribution in [0.1, 0.15) is 23.8 Å². The van der Waals surface area contributed by atoms with Crippen LogP contribution in [0.3, 0.4) is 0 Å². The van der Waals surface area contributed by atoms with Crippen LogP contribution in [-0.4, -0.2) is 27.4 Å². The smallest absolute Gasteiger partial charge is 0.272 e. The van der Waals surface area contributed by atoms with Gasteiger partial charge in [-0.25, -0.2) is 19.3 Å². The Morgan fingerprint density at radius 3 is 2.83 bits per heavy atom. The summed E-state index contributed by atoms with van der Waals surface area (Å²) >= 11 is 0. The first-order valence-electron chi connectivity index (χ1n) is 7.54. The van der Waals surface area contributed by atoms with Gasteiger partial charge in [0.2, 0.25) is 0 Å². The normalized spacial score (nSPS) is 10.8. The molecule has 0 saturated heterocycles. The molecular weight excluding hydrogens is 309 g/mol. The number of fused-ring (bicyclic) bond motifs is 1. The number of pyridine rings is 1. The third-order valence-corrected chi connectivity index (χ3v) is 3.65. The molecule has 1 aromatic carbocycles. The first-order valence-corrected chi connectivity index (χ1v) is 7.54. The molecule has 3 rings (SSSR count). The van der Waals surface area contributed by atoms with Gasteiger partial charge in [0, 0.05) is 29.1 Å². The van der Waals surface area contributed by atoms with Crippen molar-refractivity contribution >= 4 is 22.4 Å². The van der Waals surface area contributed by atoms with Crippen molar-refractivity contribution in [1.82, 2.24) is 20.3 Å². The largest absolute Gasteiger partial charge is 0.396 e. The highest BCUT2D eigenvalue weighted by atomic mass is 19.1. The Balaban J connectivity index is 2.15. The Labute approximate surface area is 138 Å². The molecule has 2 heterocycles. The lowest BCUT2D eigenvalue weighted by atomic mass is 10.0. The summed E-state index contributed by atoms with van der Waals surface area (Å²) in [5.41, 5.74) is 7.27. The minimum Gasteiger partial charge on any atom is -0.396 e. The minimum atomic E-state index is -0.534. The zero-order chi connectivity index (χ0) is 17.1. The first kappa shape index (κ1) is 15.8. The average molecular weight is 325 g/mol. The summed E-state index contributed by atoms with van der Waals surface area (Å²) in [4.78, 5) is 24.0. The van der Waals surface area contributed by atoms with Crippen LogP contribution in [0, 0.1) is 5.82 Å². The van der Waals surface area contributed by atoms with Gasteiger partial charge in [-0.2, -0.15) is 0 Å². The van der Waals surface area contributed by atoms with E-state index < -0.39 is 5.82 Å². The fourth-order valence-corrected chi connectivity index (χ4v) is 2.49. The molecule has 7 heteroatoms. The maximum atomic E-state index is 14.0. The molecule has 3 N–H and O–H groups in total. The number of hydrogen-bond acceptors (Lipinski definition) is 5. The van der Waals surface area contributed by atoms with Gasteiger partial charge in [0.1, 0.15) is 12.0 Å². The summed E-state index contributed by atoms with van der Waals surface area (Å²) in [6.07, 6.45) is 4.71. The Kier molecular flexibility index (Phi) is 4.33. The summed E-state index contributed by atoms with van der Waals surface area (Å²) in [5.74, 6) is -0.858. The van der Waals surface area contributed by atoms with Crippen LogP contribution in [0.4, 0.5) is 10.1 Å². The number of nitrogen functional groups attached to an aromatic ring is 1. The number of nitrogens with two attached hydrogens (primary N) is 1. The molecule has 0 radical (unpaired) electrons. The number of aromatic nitrogens is 3. The van der Waals surface area contributed by atoms with Gasteiger partial charge in [-0.3, -0.25) is 4.79 Å². The summed E-state index contributed by atoms with van der Waals surface area (Å²) in [6, 6.07) is 5.24. The molecule has 0 atom stereocenters. The van der Waals surface area contributed by atoms with E-state index in [4.69, 9.17) is 5.73 Å². The van der Waals surface area contributed by atoms with E-state index in [1.54, 1.807) is 18.2 Å². The van der Waals surface area contributed by atoms with Crippen LogP contribution in [0.15, 0.2) is 36.9 Å². The lowest BCUT2D eigenvalue weighted by Gasteiger charge is -2.11. The Morgan fingerprint density at radius 1 is 1.25 bits per heavy atom. The van der Waals surface area contributed by atoms with E-state index in [1.165, 1.54) is 12.5 Å². The number of nitrogens with zero attached hydrogens (tertiary/aromatic N) is 3. The van der Waals surface area contributed by atoms with Crippen LogP contribution in [0.2, 0.25) is 0 Å². The van der Waals surface area contributed by atoms with Crippen molar-refractivity contribution < 1.29 is 9.18 Å². The van der Waals surface area contributed by atoms with Gasteiger partial charge in [0.05, 0.1) is 11.9 Å². The standard InChI is InChI=1S/C17H16FN5O/c1-2-6-21-17(24)16-14(19)10-4-3-5-11(12(10)7-22-16)15-13(18)8-20-9-23-15/h3-5,7-9H,2,6,19H2,1H3,(H,21,24). The third-order valence-electron chi connectivity index (χ3n) is 3.65. The summed E-state index contributed by atoms with van der Waals surface area (Å²) in [5, 5.41) is 4.00. The molecule has 0 aliphatic heterocycles. The number of carbonyl (C=O) groups excluding carboxylic acids is 1. The average Bonchev–Trinajstić information content (AvgIpc) is 2.60. The number of nitrogens with one attached hydrogen (secondary N) is 1. The highest BCUT2D eigenvalue weighted by Gasteiger charge is 2.17. The summed E-state index contributed by atoms with van der Waals surface area (Å²) < 4.78 is 14.0. The summed E-state index contributed by atoms with van der Waals surface area (Å²) in [7, 11) is 0. The predicted octanol–water partition coefficient (Wildman–Crippen LogP) is 2.55. The van der Waals surface area contributed by atoms with Crippen molar-refractivity contribution in [2.24, 2.45) is 0 Å². The van der Waals surface area contributed by atoms with E-state index in [1.807, 2.05) is 6.92 Å². The van der Waals surface area contributed by atoms with Crippen LogP contribution in [0.5, 0.6) is 0 Å². The van der Waals surface area contributed by atoms with E-state index in [0.29, 0.717) is 22.9 Å². The fourth-order valence-electron chi connectivity index (χ4n) is 2.49.